The SMILES string of the molecule is CC(C)(C)NC(=O)C1(C2CCCCC2)CC2CCC(C1)N2C(=O)O. The molecule has 2 heterocycles. The van der Waals surface area contributed by atoms with Crippen molar-refractivity contribution in [2.75, 3.05) is 0 Å². The van der Waals surface area contributed by atoms with Crippen LogP contribution in [0.4, 0.5) is 4.79 Å². The minimum absolute atomic E-state index is 0.0221. The molecule has 0 aromatic rings. The van der Waals surface area contributed by atoms with Gasteiger partial charge in [-0.15, -0.1) is 0 Å². The van der Waals surface area contributed by atoms with Crippen LogP contribution in [0.15, 0.2) is 0 Å². The smallest absolute Gasteiger partial charge is 0.407 e. The van der Waals surface area contributed by atoms with E-state index in [1.54, 1.807) is 4.90 Å². The first-order valence-corrected chi connectivity index (χ1v) is 9.57. The maximum atomic E-state index is 13.4. The molecule has 2 amide bonds. The molecule has 24 heavy (non-hydrogen) atoms. The molecule has 0 spiro atoms. The van der Waals surface area contributed by atoms with E-state index < -0.39 is 6.09 Å². The van der Waals surface area contributed by atoms with E-state index in [1.807, 2.05) is 20.8 Å². The second-order valence-electron chi connectivity index (χ2n) is 9.18. The third-order valence-electron chi connectivity index (χ3n) is 6.37. The van der Waals surface area contributed by atoms with Gasteiger partial charge in [0.15, 0.2) is 0 Å². The number of nitrogens with zero attached hydrogens (tertiary/aromatic N) is 1. The third-order valence-corrected chi connectivity index (χ3v) is 6.37. The van der Waals surface area contributed by atoms with Crippen LogP contribution in [0, 0.1) is 11.3 Å². The summed E-state index contributed by atoms with van der Waals surface area (Å²) in [7, 11) is 0. The second kappa shape index (κ2) is 6.23. The van der Waals surface area contributed by atoms with Crippen LogP contribution in [-0.4, -0.2) is 39.6 Å². The van der Waals surface area contributed by atoms with Crippen LogP contribution in [-0.2, 0) is 4.79 Å². The van der Waals surface area contributed by atoms with Crippen LogP contribution in [0.3, 0.4) is 0 Å². The molecule has 1 saturated carbocycles. The van der Waals surface area contributed by atoms with Crippen molar-refractivity contribution in [3.05, 3.63) is 0 Å². The minimum atomic E-state index is -0.809. The van der Waals surface area contributed by atoms with E-state index in [4.69, 9.17) is 0 Å². The van der Waals surface area contributed by atoms with Gasteiger partial charge >= 0.3 is 6.09 Å². The number of carbonyl (C=O) groups excluding carboxylic acids is 1. The Morgan fingerprint density at radius 1 is 1.00 bits per heavy atom. The molecule has 3 fully saturated rings. The van der Waals surface area contributed by atoms with Gasteiger partial charge in [0.05, 0.1) is 5.41 Å². The first kappa shape index (κ1) is 17.6. The summed E-state index contributed by atoms with van der Waals surface area (Å²) >= 11 is 0. The van der Waals surface area contributed by atoms with E-state index in [-0.39, 0.29) is 28.9 Å². The van der Waals surface area contributed by atoms with Gasteiger partial charge in [-0.25, -0.2) is 4.79 Å². The van der Waals surface area contributed by atoms with Crippen molar-refractivity contribution in [2.45, 2.75) is 96.2 Å². The topological polar surface area (TPSA) is 69.6 Å². The molecule has 3 rings (SSSR count). The van der Waals surface area contributed by atoms with Gasteiger partial charge in [0, 0.05) is 17.6 Å². The summed E-state index contributed by atoms with van der Waals surface area (Å²) in [5, 5.41) is 12.8. The highest BCUT2D eigenvalue weighted by atomic mass is 16.4. The quantitative estimate of drug-likeness (QED) is 0.806. The Balaban J connectivity index is 1.89. The number of hydrogen-bond acceptors (Lipinski definition) is 2. The van der Waals surface area contributed by atoms with E-state index in [0.29, 0.717) is 18.8 Å². The number of hydrogen-bond donors (Lipinski definition) is 2. The molecular weight excluding hydrogens is 304 g/mol. The van der Waals surface area contributed by atoms with Crippen LogP contribution >= 0.6 is 0 Å². The standard InChI is InChI=1S/C19H32N2O3/c1-18(2,3)20-16(22)19(13-7-5-4-6-8-13)11-14-9-10-15(12-19)21(14)17(23)24/h13-15H,4-12H2,1-3H3,(H,20,22)(H,23,24). The van der Waals surface area contributed by atoms with Crippen molar-refractivity contribution in [3.8, 4) is 0 Å². The Morgan fingerprint density at radius 3 is 2.00 bits per heavy atom. The van der Waals surface area contributed by atoms with Crippen molar-refractivity contribution in [2.24, 2.45) is 11.3 Å². The van der Waals surface area contributed by atoms with Crippen LogP contribution < -0.4 is 5.32 Å². The molecular formula is C19H32N2O3. The zero-order valence-electron chi connectivity index (χ0n) is 15.3. The van der Waals surface area contributed by atoms with Crippen LogP contribution in [0.5, 0.6) is 0 Å². The van der Waals surface area contributed by atoms with Crippen LogP contribution in [0.1, 0.15) is 78.6 Å². The van der Waals surface area contributed by atoms with E-state index in [0.717, 1.165) is 25.7 Å². The lowest BCUT2D eigenvalue weighted by atomic mass is 9.61. The average molecular weight is 336 g/mol. The molecule has 2 aliphatic heterocycles. The number of rotatable bonds is 2. The summed E-state index contributed by atoms with van der Waals surface area (Å²) in [4.78, 5) is 26.6. The molecule has 2 saturated heterocycles. The highest BCUT2D eigenvalue weighted by Crippen LogP contribution is 2.53. The number of carbonyl (C=O) groups is 2. The van der Waals surface area contributed by atoms with E-state index in [9.17, 15) is 14.7 Å². The fourth-order valence-corrected chi connectivity index (χ4v) is 5.42. The largest absolute Gasteiger partial charge is 0.465 e. The molecule has 0 aromatic carbocycles. The van der Waals surface area contributed by atoms with Gasteiger partial charge in [-0.2, -0.15) is 0 Å². The molecule has 2 N–H and O–H groups in total. The minimum Gasteiger partial charge on any atom is -0.465 e. The summed E-state index contributed by atoms with van der Waals surface area (Å²) in [6.07, 6.45) is 8.33. The van der Waals surface area contributed by atoms with E-state index in [2.05, 4.69) is 5.32 Å². The Morgan fingerprint density at radius 2 is 1.54 bits per heavy atom. The van der Waals surface area contributed by atoms with Gasteiger partial charge in [0.25, 0.3) is 0 Å². The normalized spacial score (nSPS) is 34.2. The Hall–Kier alpha value is -1.26. The lowest BCUT2D eigenvalue weighted by Crippen LogP contribution is -2.59. The predicted molar refractivity (Wildman–Crippen MR) is 92.8 cm³/mol. The molecule has 2 bridgehead atoms. The maximum absolute atomic E-state index is 13.4. The fourth-order valence-electron chi connectivity index (χ4n) is 5.42. The summed E-state index contributed by atoms with van der Waals surface area (Å²) in [6, 6.07) is 0.0442. The molecule has 136 valence electrons. The van der Waals surface area contributed by atoms with Crippen molar-refractivity contribution in [1.82, 2.24) is 10.2 Å². The molecule has 2 atom stereocenters. The van der Waals surface area contributed by atoms with Crippen molar-refractivity contribution >= 4 is 12.0 Å². The molecule has 5 nitrogen and oxygen atoms in total. The van der Waals surface area contributed by atoms with Crippen molar-refractivity contribution in [3.63, 3.8) is 0 Å². The van der Waals surface area contributed by atoms with Crippen molar-refractivity contribution in [1.29, 1.82) is 0 Å². The third kappa shape index (κ3) is 3.14. The number of nitrogens with one attached hydrogen (secondary N) is 1. The van der Waals surface area contributed by atoms with Gasteiger partial charge in [0.1, 0.15) is 0 Å². The summed E-state index contributed by atoms with van der Waals surface area (Å²) in [5.74, 6) is 0.580. The van der Waals surface area contributed by atoms with Gasteiger partial charge in [-0.05, 0) is 65.2 Å². The van der Waals surface area contributed by atoms with Gasteiger partial charge < -0.3 is 15.3 Å². The molecule has 2 unspecified atom stereocenters. The second-order valence-corrected chi connectivity index (χ2v) is 9.18. The molecule has 5 heteroatoms. The van der Waals surface area contributed by atoms with E-state index >= 15 is 0 Å². The first-order chi connectivity index (χ1) is 11.2. The van der Waals surface area contributed by atoms with Gasteiger partial charge in [-0.1, -0.05) is 19.3 Å². The van der Waals surface area contributed by atoms with Gasteiger partial charge in [-0.3, -0.25) is 4.79 Å². The van der Waals surface area contributed by atoms with Crippen LogP contribution in [0.25, 0.3) is 0 Å². The first-order valence-electron chi connectivity index (χ1n) is 9.57. The zero-order chi connectivity index (χ0) is 17.5. The summed E-state index contributed by atoms with van der Waals surface area (Å²) in [6.45, 7) is 6.08. The Kier molecular flexibility index (Phi) is 4.56. The summed E-state index contributed by atoms with van der Waals surface area (Å²) in [5.41, 5.74) is -0.618. The molecule has 0 radical (unpaired) electrons. The van der Waals surface area contributed by atoms with E-state index in [1.165, 1.54) is 19.3 Å². The number of amides is 2. The highest BCUT2D eigenvalue weighted by molar-refractivity contribution is 5.84. The number of fused-ring (bicyclic) bond motifs is 2. The lowest BCUT2D eigenvalue weighted by Gasteiger charge is -2.50. The number of carboxylic acid groups (broad SMARTS) is 1. The summed E-state index contributed by atoms with van der Waals surface area (Å²) < 4.78 is 0. The number of piperidine rings is 1. The Labute approximate surface area is 145 Å². The lowest BCUT2D eigenvalue weighted by molar-refractivity contribution is -0.143. The molecule has 1 aliphatic carbocycles. The molecule has 0 aromatic heterocycles. The Bertz CT molecular complexity index is 491. The van der Waals surface area contributed by atoms with Crippen molar-refractivity contribution < 1.29 is 14.7 Å². The monoisotopic (exact) mass is 336 g/mol. The highest BCUT2D eigenvalue weighted by Gasteiger charge is 2.56. The zero-order valence-corrected chi connectivity index (χ0v) is 15.3. The maximum Gasteiger partial charge on any atom is 0.407 e. The van der Waals surface area contributed by atoms with Gasteiger partial charge in [0.2, 0.25) is 5.91 Å². The predicted octanol–water partition coefficient (Wildman–Crippen LogP) is 3.77. The average Bonchev–Trinajstić information content (AvgIpc) is 2.78. The fraction of sp³-hybridized carbons (Fsp3) is 0.895. The van der Waals surface area contributed by atoms with Crippen LogP contribution in [0.2, 0.25) is 0 Å². The molecule has 3 aliphatic rings.